The molecule has 0 spiro atoms. The lowest BCUT2D eigenvalue weighted by Gasteiger charge is -2.50. The number of halogens is 3. The first-order chi connectivity index (χ1) is 15.8. The van der Waals surface area contributed by atoms with Gasteiger partial charge in [-0.2, -0.15) is 0 Å². The molecule has 4 atom stereocenters. The highest BCUT2D eigenvalue weighted by atomic mass is 35.5. The molecule has 0 saturated heterocycles. The molecule has 10 heteroatoms. The summed E-state index contributed by atoms with van der Waals surface area (Å²) in [4.78, 5) is 0.00331. The number of hydrogen-bond acceptors (Lipinski definition) is 4. The SMILES string of the molecule is O=S(NC[C@@H]1CCC[C@@]2(S(=O)(=O)c3ccc(Cl)cc3)c3c(F)ccc(F)c3OCC12)C1CC1. The minimum atomic E-state index is -4.18. The van der Waals surface area contributed by atoms with Crippen molar-refractivity contribution in [2.75, 3.05) is 13.2 Å². The van der Waals surface area contributed by atoms with Crippen LogP contribution in [-0.2, 0) is 25.6 Å². The molecule has 3 aliphatic rings. The molecule has 178 valence electrons. The summed E-state index contributed by atoms with van der Waals surface area (Å²) in [5.74, 6) is -2.80. The van der Waals surface area contributed by atoms with Gasteiger partial charge < -0.3 is 4.74 Å². The third-order valence-corrected chi connectivity index (χ3v) is 11.4. The molecular formula is C23H24ClF2NO4S2. The van der Waals surface area contributed by atoms with Gasteiger partial charge in [0.15, 0.2) is 21.4 Å². The van der Waals surface area contributed by atoms with Crippen LogP contribution in [-0.4, -0.2) is 31.0 Å². The number of hydrogen-bond donors (Lipinski definition) is 1. The number of fused-ring (bicyclic) bond motifs is 3. The zero-order chi connectivity index (χ0) is 23.4. The molecule has 2 unspecified atom stereocenters. The second kappa shape index (κ2) is 8.59. The number of benzene rings is 2. The maximum absolute atomic E-state index is 15.3. The van der Waals surface area contributed by atoms with E-state index in [1.54, 1.807) is 0 Å². The highest BCUT2D eigenvalue weighted by Crippen LogP contribution is 2.58. The van der Waals surface area contributed by atoms with Crippen LogP contribution in [0.25, 0.3) is 0 Å². The van der Waals surface area contributed by atoms with Crippen molar-refractivity contribution in [2.24, 2.45) is 11.8 Å². The van der Waals surface area contributed by atoms with Crippen molar-refractivity contribution in [2.45, 2.75) is 47.0 Å². The summed E-state index contributed by atoms with van der Waals surface area (Å²) in [5.41, 5.74) is -0.235. The third-order valence-electron chi connectivity index (χ3n) is 7.10. The fraction of sp³-hybridized carbons (Fsp3) is 0.478. The molecular weight excluding hydrogens is 492 g/mol. The second-order valence-electron chi connectivity index (χ2n) is 9.00. The Balaban J connectivity index is 1.65. The lowest BCUT2D eigenvalue weighted by atomic mass is 9.67. The summed E-state index contributed by atoms with van der Waals surface area (Å²) in [6.45, 7) is 0.254. The van der Waals surface area contributed by atoms with Gasteiger partial charge in [0.05, 0.1) is 28.1 Å². The van der Waals surface area contributed by atoms with Crippen LogP contribution in [0.2, 0.25) is 5.02 Å². The van der Waals surface area contributed by atoms with Crippen LogP contribution >= 0.6 is 11.6 Å². The van der Waals surface area contributed by atoms with Crippen molar-refractivity contribution in [1.82, 2.24) is 4.72 Å². The van der Waals surface area contributed by atoms with E-state index in [1.165, 1.54) is 24.3 Å². The molecule has 0 bridgehead atoms. The van der Waals surface area contributed by atoms with Crippen LogP contribution in [0.4, 0.5) is 8.78 Å². The Hall–Kier alpha value is -1.55. The molecule has 2 aromatic rings. The summed E-state index contributed by atoms with van der Waals surface area (Å²) in [5, 5.41) is 0.506. The number of rotatable bonds is 6. The molecule has 0 amide bonds. The minimum Gasteiger partial charge on any atom is -0.490 e. The van der Waals surface area contributed by atoms with Crippen molar-refractivity contribution < 1.29 is 26.1 Å². The Kier molecular flexibility index (Phi) is 6.04. The lowest BCUT2D eigenvalue weighted by Crippen LogP contribution is -2.55. The Morgan fingerprint density at radius 2 is 1.79 bits per heavy atom. The maximum atomic E-state index is 15.3. The van der Waals surface area contributed by atoms with E-state index in [2.05, 4.69) is 4.72 Å². The first-order valence-corrected chi connectivity index (χ1v) is 14.1. The molecule has 33 heavy (non-hydrogen) atoms. The molecule has 2 fully saturated rings. The lowest BCUT2D eigenvalue weighted by molar-refractivity contribution is 0.0772. The minimum absolute atomic E-state index is 0.00331. The summed E-state index contributed by atoms with van der Waals surface area (Å²) >= 11 is 5.97. The zero-order valence-corrected chi connectivity index (χ0v) is 20.1. The van der Waals surface area contributed by atoms with Crippen LogP contribution in [0.5, 0.6) is 5.75 Å². The highest BCUT2D eigenvalue weighted by molar-refractivity contribution is 7.92. The monoisotopic (exact) mass is 515 g/mol. The van der Waals surface area contributed by atoms with Crippen molar-refractivity contribution in [3.63, 3.8) is 0 Å². The van der Waals surface area contributed by atoms with Crippen molar-refractivity contribution >= 4 is 32.4 Å². The van der Waals surface area contributed by atoms with Crippen molar-refractivity contribution in [1.29, 1.82) is 0 Å². The largest absolute Gasteiger partial charge is 0.490 e. The fourth-order valence-corrected chi connectivity index (χ4v) is 9.09. The predicted molar refractivity (Wildman–Crippen MR) is 122 cm³/mol. The summed E-state index contributed by atoms with van der Waals surface area (Å²) in [6, 6.07) is 7.67. The first-order valence-electron chi connectivity index (χ1n) is 11.0. The molecule has 2 aliphatic carbocycles. The van der Waals surface area contributed by atoms with Gasteiger partial charge in [0.25, 0.3) is 0 Å². The quantitative estimate of drug-likeness (QED) is 0.614. The van der Waals surface area contributed by atoms with Gasteiger partial charge in [-0.25, -0.2) is 26.1 Å². The normalized spacial score (nSPS) is 27.8. The Morgan fingerprint density at radius 1 is 1.09 bits per heavy atom. The van der Waals surface area contributed by atoms with Gasteiger partial charge in [-0.1, -0.05) is 18.0 Å². The molecule has 1 N–H and O–H groups in total. The van der Waals surface area contributed by atoms with E-state index in [9.17, 15) is 17.0 Å². The molecule has 0 aromatic heterocycles. The van der Waals surface area contributed by atoms with Gasteiger partial charge in [-0.3, -0.25) is 0 Å². The number of nitrogens with one attached hydrogen (secondary N) is 1. The van der Waals surface area contributed by atoms with Crippen LogP contribution in [0.15, 0.2) is 41.3 Å². The topological polar surface area (TPSA) is 72.5 Å². The van der Waals surface area contributed by atoms with Crippen LogP contribution in [0.3, 0.4) is 0 Å². The Bertz CT molecular complexity index is 1200. The molecule has 1 heterocycles. The standard InChI is InChI=1S/C23H24ClF2NO4S2/c24-15-3-7-17(8-4-15)33(29,30)23-11-1-2-14(12-27-32(28)16-5-6-16)18(23)13-31-22-20(26)10-9-19(25)21(22)23/h3-4,7-10,14,16,18,27H,1-2,5-6,11-13H2/t14-,18?,23-,32?/m0/s1. The maximum Gasteiger partial charge on any atom is 0.188 e. The molecule has 5 rings (SSSR count). The van der Waals surface area contributed by atoms with Gasteiger partial charge in [0, 0.05) is 22.7 Å². The summed E-state index contributed by atoms with van der Waals surface area (Å²) in [7, 11) is -5.37. The van der Waals surface area contributed by atoms with Crippen molar-refractivity contribution in [3.8, 4) is 5.75 Å². The summed E-state index contributed by atoms with van der Waals surface area (Å²) in [6.07, 6.45) is 3.13. The van der Waals surface area contributed by atoms with Crippen LogP contribution in [0, 0.1) is 23.5 Å². The van der Waals surface area contributed by atoms with Gasteiger partial charge in [-0.15, -0.1) is 0 Å². The van der Waals surface area contributed by atoms with E-state index in [4.69, 9.17) is 16.3 Å². The average molecular weight is 516 g/mol. The molecule has 0 radical (unpaired) electrons. The second-order valence-corrected chi connectivity index (χ2v) is 13.2. The van der Waals surface area contributed by atoms with E-state index in [0.29, 0.717) is 24.4 Å². The van der Waals surface area contributed by atoms with Crippen LogP contribution in [0.1, 0.15) is 37.7 Å². The molecule has 5 nitrogen and oxygen atoms in total. The molecule has 2 saturated carbocycles. The smallest absolute Gasteiger partial charge is 0.188 e. The van der Waals surface area contributed by atoms with Crippen LogP contribution < -0.4 is 9.46 Å². The van der Waals surface area contributed by atoms with E-state index < -0.39 is 43.1 Å². The van der Waals surface area contributed by atoms with Gasteiger partial charge >= 0.3 is 0 Å². The average Bonchev–Trinajstić information content (AvgIpc) is 3.65. The highest BCUT2D eigenvalue weighted by Gasteiger charge is 2.60. The third kappa shape index (κ3) is 3.81. The molecule has 1 aliphatic heterocycles. The van der Waals surface area contributed by atoms with Gasteiger partial charge in [0.2, 0.25) is 0 Å². The number of sulfone groups is 1. The molecule has 2 aromatic carbocycles. The van der Waals surface area contributed by atoms with E-state index in [1.807, 2.05) is 0 Å². The predicted octanol–water partition coefficient (Wildman–Crippen LogP) is 4.51. The Morgan fingerprint density at radius 3 is 2.48 bits per heavy atom. The van der Waals surface area contributed by atoms with E-state index in [-0.39, 0.29) is 40.4 Å². The number of ether oxygens (including phenoxy) is 1. The van der Waals surface area contributed by atoms with Gasteiger partial charge in [-0.05, 0) is 68.0 Å². The Labute approximate surface area is 199 Å². The first kappa shape index (κ1) is 23.2. The van der Waals surface area contributed by atoms with E-state index in [0.717, 1.165) is 25.0 Å². The summed E-state index contributed by atoms with van der Waals surface area (Å²) < 4.78 is 77.9. The van der Waals surface area contributed by atoms with Crippen molar-refractivity contribution in [3.05, 3.63) is 58.6 Å². The fourth-order valence-electron chi connectivity index (χ4n) is 5.34. The van der Waals surface area contributed by atoms with E-state index >= 15 is 4.39 Å². The van der Waals surface area contributed by atoms with Gasteiger partial charge in [0.1, 0.15) is 10.6 Å². The zero-order valence-electron chi connectivity index (χ0n) is 17.7.